The third-order valence-electron chi connectivity index (χ3n) is 4.41. The molecule has 3 aromatic heterocycles. The Bertz CT molecular complexity index is 989. The summed E-state index contributed by atoms with van der Waals surface area (Å²) < 4.78 is 13.4. The lowest BCUT2D eigenvalue weighted by Gasteiger charge is -2.30. The van der Waals surface area contributed by atoms with Gasteiger partial charge in [0.1, 0.15) is 33.5 Å². The minimum Gasteiger partial charge on any atom is -0.394 e. The van der Waals surface area contributed by atoms with Crippen molar-refractivity contribution in [1.82, 2.24) is 25.0 Å². The van der Waals surface area contributed by atoms with Crippen molar-refractivity contribution in [3.8, 4) is 10.7 Å². The fourth-order valence-corrected chi connectivity index (χ4v) is 5.21. The summed E-state index contributed by atoms with van der Waals surface area (Å²) in [5.41, 5.74) is 0.0450. The summed E-state index contributed by atoms with van der Waals surface area (Å²) >= 11 is 10.3. The monoisotopic (exact) mass is 517 g/mol. The Labute approximate surface area is 203 Å². The van der Waals surface area contributed by atoms with Gasteiger partial charge < -0.3 is 19.7 Å². The van der Waals surface area contributed by atoms with Crippen LogP contribution in [-0.2, 0) is 16.0 Å². The summed E-state index contributed by atoms with van der Waals surface area (Å²) in [6.07, 6.45) is 5.16. The predicted octanol–water partition coefficient (Wildman–Crippen LogP) is 3.06. The van der Waals surface area contributed by atoms with Crippen LogP contribution in [0.5, 0.6) is 0 Å². The number of hydrogen-bond acceptors (Lipinski definition) is 11. The van der Waals surface area contributed by atoms with Gasteiger partial charge in [-0.05, 0) is 19.2 Å². The molecule has 174 valence electrons. The number of pyridine rings is 1. The van der Waals surface area contributed by atoms with E-state index in [-0.39, 0.29) is 6.61 Å². The van der Waals surface area contributed by atoms with Gasteiger partial charge in [-0.15, -0.1) is 28.2 Å². The Kier molecular flexibility index (Phi) is 9.74. The average Bonchev–Trinajstić information content (AvgIpc) is 3.43. The zero-order valence-corrected chi connectivity index (χ0v) is 20.9. The molecule has 0 amide bonds. The molecule has 2 unspecified atom stereocenters. The number of thioether (sulfide) groups is 2. The molecule has 13 heteroatoms. The number of aliphatic hydroxyl groups is 2. The van der Waals surface area contributed by atoms with E-state index >= 15 is 0 Å². The number of methoxy groups -OCH3 is 1. The van der Waals surface area contributed by atoms with Crippen molar-refractivity contribution in [2.24, 2.45) is 0 Å². The first-order valence-electron chi connectivity index (χ1n) is 9.57. The first kappa shape index (κ1) is 25.4. The van der Waals surface area contributed by atoms with Crippen molar-refractivity contribution in [1.29, 1.82) is 0 Å². The minimum absolute atomic E-state index is 0.327. The number of nitrogens with zero attached hydrogens (tertiary/aromatic N) is 5. The van der Waals surface area contributed by atoms with Gasteiger partial charge in [-0.1, -0.05) is 28.6 Å². The van der Waals surface area contributed by atoms with Crippen LogP contribution < -0.4 is 0 Å². The molecule has 4 atom stereocenters. The van der Waals surface area contributed by atoms with Gasteiger partial charge in [-0.2, -0.15) is 0 Å². The second-order valence-corrected chi connectivity index (χ2v) is 10.0. The molecule has 0 bridgehead atoms. The van der Waals surface area contributed by atoms with Crippen LogP contribution in [-0.4, -0.2) is 78.9 Å². The second kappa shape index (κ2) is 12.3. The quantitative estimate of drug-likeness (QED) is 0.274. The van der Waals surface area contributed by atoms with Crippen LogP contribution in [0.25, 0.3) is 10.7 Å². The highest BCUT2D eigenvalue weighted by Crippen LogP contribution is 2.31. The topological polar surface area (TPSA) is 115 Å². The Morgan fingerprint density at radius 1 is 1.28 bits per heavy atom. The number of ether oxygens (including phenoxy) is 2. The highest BCUT2D eigenvalue weighted by molar-refractivity contribution is 8.00. The van der Waals surface area contributed by atoms with E-state index in [1.165, 1.54) is 23.1 Å². The van der Waals surface area contributed by atoms with Crippen molar-refractivity contribution >= 4 is 46.5 Å². The molecule has 0 fully saturated rings. The summed E-state index contributed by atoms with van der Waals surface area (Å²) in [5.74, 6) is 0. The van der Waals surface area contributed by atoms with Crippen molar-refractivity contribution in [3.05, 3.63) is 35.2 Å². The summed E-state index contributed by atoms with van der Waals surface area (Å²) in [7, 11) is 1.58. The van der Waals surface area contributed by atoms with Gasteiger partial charge in [-0.3, -0.25) is 4.98 Å². The Morgan fingerprint density at radius 3 is 2.69 bits per heavy atom. The van der Waals surface area contributed by atoms with Gasteiger partial charge in [0.05, 0.1) is 25.5 Å². The average molecular weight is 518 g/mol. The highest BCUT2D eigenvalue weighted by atomic mass is 35.5. The molecule has 0 aromatic carbocycles. The van der Waals surface area contributed by atoms with Gasteiger partial charge >= 0.3 is 0 Å². The molecular formula is C19H24ClN5O4S3. The molecule has 0 aliphatic rings. The molecule has 32 heavy (non-hydrogen) atoms. The van der Waals surface area contributed by atoms with Crippen LogP contribution in [0, 0.1) is 0 Å². The molecular weight excluding hydrogens is 494 g/mol. The second-order valence-electron chi connectivity index (χ2n) is 6.72. The van der Waals surface area contributed by atoms with Gasteiger partial charge in [0.15, 0.2) is 0 Å². The Hall–Kier alpha value is -1.25. The van der Waals surface area contributed by atoms with E-state index in [0.29, 0.717) is 22.4 Å². The fourth-order valence-electron chi connectivity index (χ4n) is 2.70. The van der Waals surface area contributed by atoms with E-state index < -0.39 is 23.7 Å². The molecule has 3 aromatic rings. The van der Waals surface area contributed by atoms with Crippen LogP contribution in [0.3, 0.4) is 0 Å². The van der Waals surface area contributed by atoms with Crippen molar-refractivity contribution in [3.63, 3.8) is 0 Å². The zero-order valence-electron chi connectivity index (χ0n) is 17.7. The SMILES string of the molecule is CO[C@@H](Cn1cc(-c2nc(Cl)cs2)nn1)C(OC(CO)[C@@H](C)O)Sc1cncc(SC)c1. The molecule has 9 nitrogen and oxygen atoms in total. The molecule has 0 aliphatic heterocycles. The van der Waals surface area contributed by atoms with E-state index in [9.17, 15) is 10.2 Å². The van der Waals surface area contributed by atoms with E-state index in [4.69, 9.17) is 21.1 Å². The normalized spacial score (nSPS) is 15.4. The van der Waals surface area contributed by atoms with Crippen LogP contribution in [0.2, 0.25) is 5.15 Å². The van der Waals surface area contributed by atoms with Gasteiger partial charge in [0.25, 0.3) is 0 Å². The van der Waals surface area contributed by atoms with E-state index in [2.05, 4.69) is 20.3 Å². The van der Waals surface area contributed by atoms with Gasteiger partial charge in [0.2, 0.25) is 0 Å². The third-order valence-corrected chi connectivity index (χ3v) is 7.44. The summed E-state index contributed by atoms with van der Waals surface area (Å²) in [6.45, 7) is 1.57. The van der Waals surface area contributed by atoms with E-state index in [1.807, 2.05) is 12.3 Å². The smallest absolute Gasteiger partial charge is 0.147 e. The van der Waals surface area contributed by atoms with E-state index in [0.717, 1.165) is 9.79 Å². The number of aliphatic hydroxyl groups excluding tert-OH is 2. The zero-order chi connectivity index (χ0) is 23.1. The largest absolute Gasteiger partial charge is 0.394 e. The predicted molar refractivity (Wildman–Crippen MR) is 126 cm³/mol. The summed E-state index contributed by atoms with van der Waals surface area (Å²) in [6, 6.07) is 2.00. The number of thiazole rings is 1. The first-order chi connectivity index (χ1) is 15.4. The maximum atomic E-state index is 9.99. The Balaban J connectivity index is 1.81. The lowest BCUT2D eigenvalue weighted by Crippen LogP contribution is -2.40. The number of rotatable bonds is 12. The molecule has 0 saturated carbocycles. The molecule has 0 saturated heterocycles. The molecule has 0 spiro atoms. The summed E-state index contributed by atoms with van der Waals surface area (Å²) in [5, 5.41) is 30.8. The van der Waals surface area contributed by atoms with Gasteiger partial charge in [-0.25, -0.2) is 9.67 Å². The third kappa shape index (κ3) is 6.87. The van der Waals surface area contributed by atoms with Crippen molar-refractivity contribution in [2.75, 3.05) is 20.0 Å². The molecule has 3 heterocycles. The maximum Gasteiger partial charge on any atom is 0.147 e. The maximum absolute atomic E-state index is 9.99. The number of aromatic nitrogens is 5. The lowest BCUT2D eigenvalue weighted by molar-refractivity contribution is -0.105. The van der Waals surface area contributed by atoms with Crippen LogP contribution in [0.4, 0.5) is 0 Å². The molecule has 3 rings (SSSR count). The van der Waals surface area contributed by atoms with Crippen LogP contribution >= 0.6 is 46.5 Å². The fraction of sp³-hybridized carbons (Fsp3) is 0.474. The first-order valence-corrected chi connectivity index (χ1v) is 12.9. The minimum atomic E-state index is -0.858. The van der Waals surface area contributed by atoms with Crippen LogP contribution in [0.15, 0.2) is 39.8 Å². The number of hydrogen-bond donors (Lipinski definition) is 2. The van der Waals surface area contributed by atoms with Crippen LogP contribution in [0.1, 0.15) is 6.92 Å². The molecule has 0 aliphatic carbocycles. The number of halogens is 1. The molecule has 0 radical (unpaired) electrons. The van der Waals surface area contributed by atoms with Crippen molar-refractivity contribution in [2.45, 2.75) is 47.0 Å². The van der Waals surface area contributed by atoms with E-state index in [1.54, 1.807) is 54.4 Å². The van der Waals surface area contributed by atoms with Crippen molar-refractivity contribution < 1.29 is 19.7 Å². The summed E-state index contributed by atoms with van der Waals surface area (Å²) in [4.78, 5) is 10.4. The van der Waals surface area contributed by atoms with Gasteiger partial charge in [0, 0.05) is 34.7 Å². The lowest BCUT2D eigenvalue weighted by atomic mass is 10.2. The molecule has 2 N–H and O–H groups in total. The Morgan fingerprint density at radius 2 is 2.06 bits per heavy atom. The highest BCUT2D eigenvalue weighted by Gasteiger charge is 2.29. The standard InChI is InChI=1S/C19H24ClN5O4S3/c1-11(27)16(9-26)29-19(32-13-4-12(30-3)5-21-6-13)15(28-2)8-25-7-14(23-24-25)18-22-17(20)10-31-18/h4-7,10-11,15-16,19,26-27H,8-9H2,1-3H3/t11-,15+,16?,19?/m1/s1.